The van der Waals surface area contributed by atoms with Gasteiger partial charge in [-0.3, -0.25) is 9.78 Å². The van der Waals surface area contributed by atoms with Gasteiger partial charge in [0.2, 0.25) is 0 Å². The number of morpholine rings is 1. The van der Waals surface area contributed by atoms with Gasteiger partial charge in [-0.2, -0.15) is 0 Å². The van der Waals surface area contributed by atoms with Gasteiger partial charge in [-0.15, -0.1) is 0 Å². The van der Waals surface area contributed by atoms with Crippen LogP contribution in [0.1, 0.15) is 16.1 Å². The van der Waals surface area contributed by atoms with Gasteiger partial charge in [0, 0.05) is 18.4 Å². The number of rotatable bonds is 2. The van der Waals surface area contributed by atoms with Gasteiger partial charge in [0.15, 0.2) is 0 Å². The molecule has 1 aromatic heterocycles. The average Bonchev–Trinajstić information content (AvgIpc) is 2.38. The lowest BCUT2D eigenvalue weighted by Gasteiger charge is -2.34. The molecule has 1 aliphatic rings. The van der Waals surface area contributed by atoms with Crippen molar-refractivity contribution < 1.29 is 14.6 Å². The van der Waals surface area contributed by atoms with Crippen LogP contribution in [0.3, 0.4) is 0 Å². The molecule has 1 amide bonds. The topological polar surface area (TPSA) is 62.7 Å². The quantitative estimate of drug-likeness (QED) is 0.798. The van der Waals surface area contributed by atoms with Crippen LogP contribution in [0.5, 0.6) is 0 Å². The van der Waals surface area contributed by atoms with Gasteiger partial charge in [-0.05, 0) is 19.1 Å². The number of pyridine rings is 1. The van der Waals surface area contributed by atoms with Crippen LogP contribution in [0.2, 0.25) is 0 Å². The Balaban J connectivity index is 2.21. The molecule has 1 saturated heterocycles. The number of hydrogen-bond donors (Lipinski definition) is 1. The Labute approximate surface area is 100 Å². The first-order chi connectivity index (χ1) is 8.24. The summed E-state index contributed by atoms with van der Waals surface area (Å²) >= 11 is 0. The Kier molecular flexibility index (Phi) is 3.71. The van der Waals surface area contributed by atoms with Gasteiger partial charge in [0.05, 0.1) is 31.4 Å². The predicted molar refractivity (Wildman–Crippen MR) is 61.7 cm³/mol. The number of amides is 1. The Hall–Kier alpha value is -1.46. The minimum atomic E-state index is -0.254. The SMILES string of the molecule is Cc1ncccc1C(=O)N1CCOCC1CO. The molecule has 0 bridgehead atoms. The number of aryl methyl sites for hydroxylation is 1. The lowest BCUT2D eigenvalue weighted by molar-refractivity contribution is -0.0184. The molecule has 2 heterocycles. The van der Waals surface area contributed by atoms with Crippen LogP contribution in [0.4, 0.5) is 0 Å². The van der Waals surface area contributed by atoms with E-state index in [1.807, 2.05) is 6.92 Å². The monoisotopic (exact) mass is 236 g/mol. The maximum atomic E-state index is 12.3. The highest BCUT2D eigenvalue weighted by atomic mass is 16.5. The fraction of sp³-hybridized carbons (Fsp3) is 0.500. The summed E-state index contributed by atoms with van der Waals surface area (Å²) in [7, 11) is 0. The third kappa shape index (κ3) is 2.45. The van der Waals surface area contributed by atoms with Crippen molar-refractivity contribution in [2.45, 2.75) is 13.0 Å². The van der Waals surface area contributed by atoms with Crippen LogP contribution in [0.15, 0.2) is 18.3 Å². The van der Waals surface area contributed by atoms with Crippen molar-refractivity contribution in [1.82, 2.24) is 9.88 Å². The number of aliphatic hydroxyl groups is 1. The average molecular weight is 236 g/mol. The zero-order valence-electron chi connectivity index (χ0n) is 9.80. The molecule has 1 aliphatic heterocycles. The first-order valence-electron chi connectivity index (χ1n) is 5.65. The van der Waals surface area contributed by atoms with E-state index in [1.165, 1.54) is 0 Å². The van der Waals surface area contributed by atoms with Crippen LogP contribution in [0.25, 0.3) is 0 Å². The van der Waals surface area contributed by atoms with Crippen molar-refractivity contribution in [1.29, 1.82) is 0 Å². The number of carbonyl (C=O) groups is 1. The van der Waals surface area contributed by atoms with E-state index < -0.39 is 0 Å². The second-order valence-electron chi connectivity index (χ2n) is 4.05. The summed E-state index contributed by atoms with van der Waals surface area (Å²) in [6.45, 7) is 3.15. The second-order valence-corrected chi connectivity index (χ2v) is 4.05. The molecule has 0 radical (unpaired) electrons. The molecule has 1 fully saturated rings. The summed E-state index contributed by atoms with van der Waals surface area (Å²) in [5.74, 6) is -0.0852. The van der Waals surface area contributed by atoms with Crippen LogP contribution in [0, 0.1) is 6.92 Å². The lowest BCUT2D eigenvalue weighted by atomic mass is 10.1. The van der Waals surface area contributed by atoms with Crippen LogP contribution < -0.4 is 0 Å². The van der Waals surface area contributed by atoms with Crippen LogP contribution in [-0.2, 0) is 4.74 Å². The maximum Gasteiger partial charge on any atom is 0.256 e. The summed E-state index contributed by atoms with van der Waals surface area (Å²) in [6, 6.07) is 3.25. The highest BCUT2D eigenvalue weighted by Crippen LogP contribution is 2.13. The molecule has 0 spiro atoms. The number of carbonyl (C=O) groups excluding carboxylic acids is 1. The van der Waals surface area contributed by atoms with Gasteiger partial charge in [0.1, 0.15) is 0 Å². The normalized spacial score (nSPS) is 20.4. The van der Waals surface area contributed by atoms with E-state index in [-0.39, 0.29) is 18.6 Å². The third-order valence-corrected chi connectivity index (χ3v) is 2.94. The van der Waals surface area contributed by atoms with Crippen molar-refractivity contribution in [2.75, 3.05) is 26.4 Å². The molecule has 5 nitrogen and oxygen atoms in total. The van der Waals surface area contributed by atoms with E-state index in [1.54, 1.807) is 23.2 Å². The summed E-state index contributed by atoms with van der Waals surface area (Å²) in [6.07, 6.45) is 1.66. The van der Waals surface area contributed by atoms with Crippen molar-refractivity contribution in [3.05, 3.63) is 29.6 Å². The van der Waals surface area contributed by atoms with Crippen molar-refractivity contribution in [3.8, 4) is 0 Å². The Morgan fingerprint density at radius 1 is 1.71 bits per heavy atom. The van der Waals surface area contributed by atoms with Gasteiger partial charge < -0.3 is 14.7 Å². The maximum absolute atomic E-state index is 12.3. The highest BCUT2D eigenvalue weighted by molar-refractivity contribution is 5.95. The zero-order valence-corrected chi connectivity index (χ0v) is 9.80. The largest absolute Gasteiger partial charge is 0.394 e. The van der Waals surface area contributed by atoms with E-state index in [0.29, 0.717) is 31.0 Å². The first kappa shape index (κ1) is 12.0. The molecule has 1 unspecified atom stereocenters. The molecule has 17 heavy (non-hydrogen) atoms. The number of hydrogen-bond acceptors (Lipinski definition) is 4. The van der Waals surface area contributed by atoms with Gasteiger partial charge in [0.25, 0.3) is 5.91 Å². The van der Waals surface area contributed by atoms with Crippen molar-refractivity contribution in [3.63, 3.8) is 0 Å². The molecule has 1 atom stereocenters. The summed E-state index contributed by atoms with van der Waals surface area (Å²) in [4.78, 5) is 18.1. The molecule has 1 N–H and O–H groups in total. The predicted octanol–water partition coefficient (Wildman–Crippen LogP) is 0.223. The summed E-state index contributed by atoms with van der Waals surface area (Å²) in [5.41, 5.74) is 1.30. The zero-order chi connectivity index (χ0) is 12.3. The Morgan fingerprint density at radius 3 is 3.24 bits per heavy atom. The van der Waals surface area contributed by atoms with Crippen LogP contribution >= 0.6 is 0 Å². The fourth-order valence-corrected chi connectivity index (χ4v) is 1.94. The smallest absolute Gasteiger partial charge is 0.256 e. The summed E-state index contributed by atoms with van der Waals surface area (Å²) < 4.78 is 5.25. The number of aromatic nitrogens is 1. The molecule has 2 rings (SSSR count). The first-order valence-corrected chi connectivity index (χ1v) is 5.65. The Bertz CT molecular complexity index is 408. The summed E-state index contributed by atoms with van der Waals surface area (Å²) in [5, 5.41) is 9.24. The fourth-order valence-electron chi connectivity index (χ4n) is 1.94. The van der Waals surface area contributed by atoms with Gasteiger partial charge >= 0.3 is 0 Å². The number of nitrogens with zero attached hydrogens (tertiary/aromatic N) is 2. The van der Waals surface area contributed by atoms with Crippen LogP contribution in [-0.4, -0.2) is 53.3 Å². The van der Waals surface area contributed by atoms with E-state index in [9.17, 15) is 9.90 Å². The minimum Gasteiger partial charge on any atom is -0.394 e. The molecule has 0 saturated carbocycles. The second kappa shape index (κ2) is 5.25. The van der Waals surface area contributed by atoms with Gasteiger partial charge in [-0.25, -0.2) is 0 Å². The van der Waals surface area contributed by atoms with Gasteiger partial charge in [-0.1, -0.05) is 0 Å². The van der Waals surface area contributed by atoms with E-state index in [0.717, 1.165) is 0 Å². The number of ether oxygens (including phenoxy) is 1. The molecule has 92 valence electrons. The third-order valence-electron chi connectivity index (χ3n) is 2.94. The van der Waals surface area contributed by atoms with E-state index >= 15 is 0 Å². The molecule has 5 heteroatoms. The highest BCUT2D eigenvalue weighted by Gasteiger charge is 2.28. The minimum absolute atomic E-state index is 0.0783. The molecule has 1 aromatic rings. The number of aliphatic hydroxyl groups excluding tert-OH is 1. The van der Waals surface area contributed by atoms with E-state index in [4.69, 9.17) is 4.74 Å². The standard InChI is InChI=1S/C12H16N2O3/c1-9-11(3-2-4-13-9)12(16)14-5-6-17-8-10(14)7-15/h2-4,10,15H,5-8H2,1H3. The molecular weight excluding hydrogens is 220 g/mol. The van der Waals surface area contributed by atoms with E-state index in [2.05, 4.69) is 4.98 Å². The van der Waals surface area contributed by atoms with Crippen molar-refractivity contribution >= 4 is 5.91 Å². The van der Waals surface area contributed by atoms with Crippen molar-refractivity contribution in [2.24, 2.45) is 0 Å². The lowest BCUT2D eigenvalue weighted by Crippen LogP contribution is -2.50. The molecular formula is C12H16N2O3. The molecule has 0 aromatic carbocycles. The Morgan fingerprint density at radius 2 is 2.53 bits per heavy atom. The molecule has 0 aliphatic carbocycles.